The average Bonchev–Trinajstić information content (AvgIpc) is 3.36. The van der Waals surface area contributed by atoms with Crippen LogP contribution in [-0.2, 0) is 30.8 Å². The Kier molecular flexibility index (Phi) is 4.48. The highest BCUT2D eigenvalue weighted by atomic mass is 16.5. The van der Waals surface area contributed by atoms with E-state index < -0.39 is 0 Å². The van der Waals surface area contributed by atoms with Crippen molar-refractivity contribution in [2.24, 2.45) is 0 Å². The van der Waals surface area contributed by atoms with E-state index in [-0.39, 0.29) is 18.9 Å². The molecule has 29 heavy (non-hydrogen) atoms. The highest BCUT2D eigenvalue weighted by Gasteiger charge is 2.26. The molecule has 1 N–H and O–H groups in total. The second kappa shape index (κ2) is 7.43. The van der Waals surface area contributed by atoms with E-state index in [1.807, 2.05) is 59.5 Å². The van der Waals surface area contributed by atoms with Crippen molar-refractivity contribution in [3.05, 3.63) is 77.6 Å². The number of ether oxygens (including phenoxy) is 1. The highest BCUT2D eigenvalue weighted by Crippen LogP contribution is 2.23. The molecule has 0 bridgehead atoms. The third kappa shape index (κ3) is 3.59. The summed E-state index contributed by atoms with van der Waals surface area (Å²) in [6.45, 7) is 1.33. The van der Waals surface area contributed by atoms with Gasteiger partial charge in [0.2, 0.25) is 11.8 Å². The van der Waals surface area contributed by atoms with Gasteiger partial charge in [-0.1, -0.05) is 36.4 Å². The number of para-hydroxylation sites is 2. The SMILES string of the molecule is O=C(Cc1[nH]nc2ccccc12)N1CCc2nc(COc3ccccc3)oc2C1. The summed E-state index contributed by atoms with van der Waals surface area (Å²) >= 11 is 0. The Balaban J connectivity index is 1.24. The first kappa shape index (κ1) is 17.5. The van der Waals surface area contributed by atoms with E-state index in [2.05, 4.69) is 15.2 Å². The number of nitrogens with zero attached hydrogens (tertiary/aromatic N) is 3. The average molecular weight is 388 g/mol. The van der Waals surface area contributed by atoms with Gasteiger partial charge in [0.15, 0.2) is 6.61 Å². The van der Waals surface area contributed by atoms with Gasteiger partial charge in [-0.15, -0.1) is 0 Å². The molecule has 0 saturated carbocycles. The quantitative estimate of drug-likeness (QED) is 0.567. The zero-order valence-corrected chi connectivity index (χ0v) is 15.8. The minimum atomic E-state index is 0.0449. The van der Waals surface area contributed by atoms with Crippen LogP contribution in [-0.4, -0.2) is 32.5 Å². The number of H-pyrrole nitrogens is 1. The zero-order chi connectivity index (χ0) is 19.6. The molecule has 0 saturated heterocycles. The lowest BCUT2D eigenvalue weighted by Crippen LogP contribution is -2.36. The minimum Gasteiger partial charge on any atom is -0.484 e. The lowest BCUT2D eigenvalue weighted by molar-refractivity contribution is -0.131. The summed E-state index contributed by atoms with van der Waals surface area (Å²) in [5.41, 5.74) is 2.62. The maximum Gasteiger partial charge on any atom is 0.232 e. The van der Waals surface area contributed by atoms with Gasteiger partial charge in [-0.3, -0.25) is 9.89 Å². The predicted octanol–water partition coefficient (Wildman–Crippen LogP) is 3.26. The maximum absolute atomic E-state index is 12.8. The number of aromatic nitrogens is 3. The molecule has 3 heterocycles. The Morgan fingerprint density at radius 2 is 1.97 bits per heavy atom. The fourth-order valence-electron chi connectivity index (χ4n) is 3.60. The summed E-state index contributed by atoms with van der Waals surface area (Å²) < 4.78 is 11.6. The summed E-state index contributed by atoms with van der Waals surface area (Å²) in [7, 11) is 0. The van der Waals surface area contributed by atoms with Crippen molar-refractivity contribution in [1.82, 2.24) is 20.1 Å². The van der Waals surface area contributed by atoms with Crippen molar-refractivity contribution in [2.45, 2.75) is 26.0 Å². The molecule has 0 spiro atoms. The fraction of sp³-hybridized carbons (Fsp3) is 0.227. The number of carbonyl (C=O) groups excluding carboxylic acids is 1. The van der Waals surface area contributed by atoms with Crippen molar-refractivity contribution in [3.63, 3.8) is 0 Å². The molecule has 2 aromatic heterocycles. The second-order valence-corrected chi connectivity index (χ2v) is 7.04. The molecular formula is C22H20N4O3. The van der Waals surface area contributed by atoms with Crippen LogP contribution in [0.4, 0.5) is 0 Å². The fourth-order valence-corrected chi connectivity index (χ4v) is 3.60. The molecule has 4 aromatic rings. The van der Waals surface area contributed by atoms with Crippen molar-refractivity contribution < 1.29 is 13.9 Å². The number of hydrogen-bond donors (Lipinski definition) is 1. The van der Waals surface area contributed by atoms with E-state index in [1.165, 1.54) is 0 Å². The number of amides is 1. The van der Waals surface area contributed by atoms with Gasteiger partial charge in [0, 0.05) is 18.4 Å². The third-order valence-electron chi connectivity index (χ3n) is 5.10. The first-order valence-corrected chi connectivity index (χ1v) is 9.61. The number of carbonyl (C=O) groups is 1. The summed E-state index contributed by atoms with van der Waals surface area (Å²) in [4.78, 5) is 19.2. The largest absolute Gasteiger partial charge is 0.484 e. The molecule has 0 radical (unpaired) electrons. The summed E-state index contributed by atoms with van der Waals surface area (Å²) in [5, 5.41) is 8.24. The first-order chi connectivity index (χ1) is 14.3. The molecule has 0 atom stereocenters. The van der Waals surface area contributed by atoms with Gasteiger partial charge in [-0.25, -0.2) is 4.98 Å². The standard InChI is InChI=1S/C22H20N4O3/c27-22(12-19-16-8-4-5-9-17(16)24-25-19)26-11-10-18-20(13-26)29-21(23-18)14-28-15-6-2-1-3-7-15/h1-9H,10-14H2,(H,24,25). The lowest BCUT2D eigenvalue weighted by Gasteiger charge is -2.25. The van der Waals surface area contributed by atoms with E-state index in [4.69, 9.17) is 9.15 Å². The summed E-state index contributed by atoms with van der Waals surface area (Å²) in [5.74, 6) is 2.09. The molecule has 0 aliphatic carbocycles. The molecule has 2 aromatic carbocycles. The van der Waals surface area contributed by atoms with Crippen LogP contribution >= 0.6 is 0 Å². The molecule has 146 valence electrons. The van der Waals surface area contributed by atoms with Crippen LogP contribution in [0.5, 0.6) is 5.75 Å². The molecule has 1 aliphatic rings. The number of hydrogen-bond acceptors (Lipinski definition) is 5. The van der Waals surface area contributed by atoms with E-state index in [1.54, 1.807) is 0 Å². The molecule has 7 heteroatoms. The summed E-state index contributed by atoms with van der Waals surface area (Å²) in [6.07, 6.45) is 0.966. The van der Waals surface area contributed by atoms with Crippen LogP contribution in [0.1, 0.15) is 23.0 Å². The Morgan fingerprint density at radius 1 is 1.14 bits per heavy atom. The van der Waals surface area contributed by atoms with Gasteiger partial charge in [0.25, 0.3) is 0 Å². The zero-order valence-electron chi connectivity index (χ0n) is 15.8. The molecular weight excluding hydrogens is 368 g/mol. The monoisotopic (exact) mass is 388 g/mol. The number of fused-ring (bicyclic) bond motifs is 2. The van der Waals surface area contributed by atoms with Crippen molar-refractivity contribution in [2.75, 3.05) is 6.54 Å². The smallest absolute Gasteiger partial charge is 0.232 e. The van der Waals surface area contributed by atoms with Crippen LogP contribution in [0, 0.1) is 0 Å². The second-order valence-electron chi connectivity index (χ2n) is 7.04. The number of nitrogens with one attached hydrogen (secondary N) is 1. The molecule has 5 rings (SSSR count). The molecule has 0 unspecified atom stereocenters. The van der Waals surface area contributed by atoms with Crippen molar-refractivity contribution >= 4 is 16.8 Å². The Labute approximate surface area is 167 Å². The van der Waals surface area contributed by atoms with Crippen LogP contribution in [0.15, 0.2) is 59.0 Å². The molecule has 7 nitrogen and oxygen atoms in total. The van der Waals surface area contributed by atoms with Crippen LogP contribution in [0.3, 0.4) is 0 Å². The van der Waals surface area contributed by atoms with E-state index in [0.29, 0.717) is 25.4 Å². The third-order valence-corrected chi connectivity index (χ3v) is 5.10. The van der Waals surface area contributed by atoms with Crippen LogP contribution in [0.2, 0.25) is 0 Å². The van der Waals surface area contributed by atoms with E-state index in [0.717, 1.165) is 33.8 Å². The van der Waals surface area contributed by atoms with Crippen molar-refractivity contribution in [3.8, 4) is 5.75 Å². The van der Waals surface area contributed by atoms with Gasteiger partial charge < -0.3 is 14.1 Å². The van der Waals surface area contributed by atoms with Gasteiger partial charge in [-0.2, -0.15) is 5.10 Å². The van der Waals surface area contributed by atoms with E-state index in [9.17, 15) is 4.79 Å². The topological polar surface area (TPSA) is 84.2 Å². The predicted molar refractivity (Wildman–Crippen MR) is 106 cm³/mol. The molecule has 1 aliphatic heterocycles. The van der Waals surface area contributed by atoms with Crippen LogP contribution < -0.4 is 4.74 Å². The van der Waals surface area contributed by atoms with Gasteiger partial charge in [0.05, 0.1) is 29.9 Å². The molecule has 1 amide bonds. The number of rotatable bonds is 5. The highest BCUT2D eigenvalue weighted by molar-refractivity contribution is 5.87. The number of aromatic amines is 1. The Hall–Kier alpha value is -3.61. The molecule has 0 fully saturated rings. The first-order valence-electron chi connectivity index (χ1n) is 9.61. The Bertz CT molecular complexity index is 1150. The van der Waals surface area contributed by atoms with Gasteiger partial charge >= 0.3 is 0 Å². The van der Waals surface area contributed by atoms with Crippen LogP contribution in [0.25, 0.3) is 10.9 Å². The van der Waals surface area contributed by atoms with Gasteiger partial charge in [-0.05, 0) is 18.2 Å². The summed E-state index contributed by atoms with van der Waals surface area (Å²) in [6, 6.07) is 17.4. The normalized spacial score (nSPS) is 13.4. The Morgan fingerprint density at radius 3 is 2.86 bits per heavy atom. The van der Waals surface area contributed by atoms with Gasteiger partial charge in [0.1, 0.15) is 11.5 Å². The number of benzene rings is 2. The minimum absolute atomic E-state index is 0.0449. The van der Waals surface area contributed by atoms with Crippen molar-refractivity contribution in [1.29, 1.82) is 0 Å². The van der Waals surface area contributed by atoms with E-state index >= 15 is 0 Å². The number of oxazole rings is 1. The lowest BCUT2D eigenvalue weighted by atomic mass is 10.1. The maximum atomic E-state index is 12.8.